The molecule has 2 aromatic heterocycles. The van der Waals surface area contributed by atoms with Gasteiger partial charge in [0.2, 0.25) is 0 Å². The van der Waals surface area contributed by atoms with Gasteiger partial charge in [0, 0.05) is 26.8 Å². The van der Waals surface area contributed by atoms with Crippen molar-refractivity contribution in [2.45, 2.75) is 6.92 Å². The van der Waals surface area contributed by atoms with Crippen LogP contribution in [0.15, 0.2) is 18.6 Å². The van der Waals surface area contributed by atoms with E-state index >= 15 is 0 Å². The van der Waals surface area contributed by atoms with Crippen molar-refractivity contribution in [1.82, 2.24) is 14.5 Å². The van der Waals surface area contributed by atoms with E-state index in [-0.39, 0.29) is 0 Å². The Labute approximate surface area is 83.2 Å². The molecule has 0 aliphatic carbocycles. The van der Waals surface area contributed by atoms with E-state index < -0.39 is 0 Å². The molecule has 4 nitrogen and oxygen atoms in total. The van der Waals surface area contributed by atoms with E-state index in [1.807, 2.05) is 24.9 Å². The molecule has 4 heteroatoms. The van der Waals surface area contributed by atoms with Crippen molar-refractivity contribution in [3.63, 3.8) is 0 Å². The van der Waals surface area contributed by atoms with E-state index in [2.05, 4.69) is 27.9 Å². The molecule has 0 N–H and O–H groups in total. The monoisotopic (exact) mass is 190 g/mol. The van der Waals surface area contributed by atoms with Crippen LogP contribution in [0.25, 0.3) is 11.0 Å². The van der Waals surface area contributed by atoms with E-state index in [0.29, 0.717) is 0 Å². The third-order valence-corrected chi connectivity index (χ3v) is 2.48. The Hall–Kier alpha value is -1.58. The lowest BCUT2D eigenvalue weighted by molar-refractivity contribution is 0.922. The summed E-state index contributed by atoms with van der Waals surface area (Å²) in [5, 5.41) is 1.11. The molecule has 0 bridgehead atoms. The number of aromatic nitrogens is 3. The van der Waals surface area contributed by atoms with Gasteiger partial charge in [-0.1, -0.05) is 0 Å². The van der Waals surface area contributed by atoms with Crippen molar-refractivity contribution in [2.75, 3.05) is 18.5 Å². The smallest absolute Gasteiger partial charge is 0.145 e. The van der Waals surface area contributed by atoms with E-state index in [1.165, 1.54) is 0 Å². The first-order chi connectivity index (χ1) is 6.74. The first-order valence-electron chi connectivity index (χ1n) is 4.71. The normalized spacial score (nSPS) is 10.8. The van der Waals surface area contributed by atoms with Gasteiger partial charge in [-0.25, -0.2) is 9.97 Å². The molecule has 0 amide bonds. The van der Waals surface area contributed by atoms with Crippen molar-refractivity contribution >= 4 is 16.9 Å². The molecule has 2 aromatic rings. The highest BCUT2D eigenvalue weighted by Gasteiger charge is 2.08. The number of rotatable bonds is 2. The topological polar surface area (TPSA) is 34.0 Å². The Kier molecular flexibility index (Phi) is 2.11. The van der Waals surface area contributed by atoms with Gasteiger partial charge in [0.15, 0.2) is 0 Å². The second kappa shape index (κ2) is 3.29. The average Bonchev–Trinajstić information content (AvgIpc) is 2.59. The van der Waals surface area contributed by atoms with Crippen LogP contribution in [0.5, 0.6) is 0 Å². The maximum atomic E-state index is 4.29. The van der Waals surface area contributed by atoms with Crippen molar-refractivity contribution in [2.24, 2.45) is 7.05 Å². The summed E-state index contributed by atoms with van der Waals surface area (Å²) in [4.78, 5) is 10.7. The molecule has 0 aliphatic rings. The average molecular weight is 190 g/mol. The van der Waals surface area contributed by atoms with E-state index in [0.717, 1.165) is 23.4 Å². The van der Waals surface area contributed by atoms with Gasteiger partial charge >= 0.3 is 0 Å². The Morgan fingerprint density at radius 2 is 2.21 bits per heavy atom. The van der Waals surface area contributed by atoms with Crippen LogP contribution in [-0.2, 0) is 7.05 Å². The summed E-state index contributed by atoms with van der Waals surface area (Å²) < 4.78 is 2.00. The van der Waals surface area contributed by atoms with E-state index in [1.54, 1.807) is 6.33 Å². The lowest BCUT2D eigenvalue weighted by Crippen LogP contribution is -2.17. The Morgan fingerprint density at radius 1 is 1.43 bits per heavy atom. The van der Waals surface area contributed by atoms with Crippen LogP contribution >= 0.6 is 0 Å². The third kappa shape index (κ3) is 1.23. The maximum absolute atomic E-state index is 4.29. The lowest BCUT2D eigenvalue weighted by atomic mass is 10.3. The largest absolute Gasteiger partial charge is 0.359 e. The fraction of sp³-hybridized carbons (Fsp3) is 0.400. The summed E-state index contributed by atoms with van der Waals surface area (Å²) in [5.41, 5.74) is 0.982. The second-order valence-electron chi connectivity index (χ2n) is 3.38. The molecule has 2 rings (SSSR count). The molecule has 0 saturated carbocycles. The summed E-state index contributed by atoms with van der Waals surface area (Å²) >= 11 is 0. The standard InChI is InChI=1S/C10H14N4/c1-4-13(2)9-8-5-6-14(3)10(8)12-7-11-9/h5-7H,4H2,1-3H3. The second-order valence-corrected chi connectivity index (χ2v) is 3.38. The summed E-state index contributed by atoms with van der Waals surface area (Å²) in [6.07, 6.45) is 3.62. The van der Waals surface area contributed by atoms with Crippen LogP contribution in [0.1, 0.15) is 6.92 Å². The zero-order valence-electron chi connectivity index (χ0n) is 8.73. The van der Waals surface area contributed by atoms with Crippen LogP contribution in [0.3, 0.4) is 0 Å². The van der Waals surface area contributed by atoms with Gasteiger partial charge in [0.05, 0.1) is 5.39 Å². The summed E-state index contributed by atoms with van der Waals surface area (Å²) in [5.74, 6) is 0.998. The Balaban J connectivity index is 2.65. The molecule has 0 radical (unpaired) electrons. The van der Waals surface area contributed by atoms with E-state index in [9.17, 15) is 0 Å². The van der Waals surface area contributed by atoms with Gasteiger partial charge in [0.1, 0.15) is 17.8 Å². The summed E-state index contributed by atoms with van der Waals surface area (Å²) in [6, 6.07) is 2.05. The Bertz CT molecular complexity index is 446. The lowest BCUT2D eigenvalue weighted by Gasteiger charge is -2.15. The minimum atomic E-state index is 0.945. The molecule has 14 heavy (non-hydrogen) atoms. The predicted octanol–water partition coefficient (Wildman–Crippen LogP) is 1.42. The van der Waals surface area contributed by atoms with Crippen LogP contribution < -0.4 is 4.90 Å². The third-order valence-electron chi connectivity index (χ3n) is 2.48. The van der Waals surface area contributed by atoms with Crippen LogP contribution in [-0.4, -0.2) is 28.1 Å². The molecule has 2 heterocycles. The number of aryl methyl sites for hydroxylation is 1. The number of hydrogen-bond donors (Lipinski definition) is 0. The van der Waals surface area contributed by atoms with Gasteiger partial charge in [-0.2, -0.15) is 0 Å². The minimum absolute atomic E-state index is 0.945. The van der Waals surface area contributed by atoms with Crippen molar-refractivity contribution in [1.29, 1.82) is 0 Å². The highest BCUT2D eigenvalue weighted by atomic mass is 15.2. The molecular weight excluding hydrogens is 176 g/mol. The van der Waals surface area contributed by atoms with Crippen molar-refractivity contribution in [3.05, 3.63) is 18.6 Å². The highest BCUT2D eigenvalue weighted by Crippen LogP contribution is 2.21. The van der Waals surface area contributed by atoms with Gasteiger partial charge in [0.25, 0.3) is 0 Å². The molecule has 0 aromatic carbocycles. The summed E-state index contributed by atoms with van der Waals surface area (Å²) in [6.45, 7) is 3.05. The molecule has 74 valence electrons. The minimum Gasteiger partial charge on any atom is -0.359 e. The van der Waals surface area contributed by atoms with Gasteiger partial charge in [-0.3, -0.25) is 0 Å². The summed E-state index contributed by atoms with van der Waals surface area (Å²) in [7, 11) is 4.03. The fourth-order valence-electron chi connectivity index (χ4n) is 1.52. The van der Waals surface area contributed by atoms with Crippen molar-refractivity contribution in [3.8, 4) is 0 Å². The molecule has 0 fully saturated rings. The first-order valence-corrected chi connectivity index (χ1v) is 4.71. The number of hydrogen-bond acceptors (Lipinski definition) is 3. The van der Waals surface area contributed by atoms with Gasteiger partial charge < -0.3 is 9.47 Å². The highest BCUT2D eigenvalue weighted by molar-refractivity contribution is 5.87. The van der Waals surface area contributed by atoms with E-state index in [4.69, 9.17) is 0 Å². The molecule has 0 spiro atoms. The first kappa shape index (κ1) is 8.99. The quantitative estimate of drug-likeness (QED) is 0.718. The molecular formula is C10H14N4. The Morgan fingerprint density at radius 3 is 2.93 bits per heavy atom. The fourth-order valence-corrected chi connectivity index (χ4v) is 1.52. The molecule has 0 atom stereocenters. The molecule has 0 unspecified atom stereocenters. The van der Waals surface area contributed by atoms with Crippen molar-refractivity contribution < 1.29 is 0 Å². The molecule has 0 saturated heterocycles. The van der Waals surface area contributed by atoms with Gasteiger partial charge in [-0.15, -0.1) is 0 Å². The van der Waals surface area contributed by atoms with Crippen LogP contribution in [0.4, 0.5) is 5.82 Å². The zero-order chi connectivity index (χ0) is 10.1. The predicted molar refractivity (Wildman–Crippen MR) is 57.5 cm³/mol. The molecule has 0 aliphatic heterocycles. The maximum Gasteiger partial charge on any atom is 0.145 e. The number of anilines is 1. The van der Waals surface area contributed by atoms with Gasteiger partial charge in [-0.05, 0) is 13.0 Å². The van der Waals surface area contributed by atoms with Crippen LogP contribution in [0, 0.1) is 0 Å². The zero-order valence-corrected chi connectivity index (χ0v) is 8.73. The SMILES string of the molecule is CCN(C)c1ncnc2c1ccn2C. The number of nitrogens with zero attached hydrogens (tertiary/aromatic N) is 4. The van der Waals surface area contributed by atoms with Crippen LogP contribution in [0.2, 0.25) is 0 Å². The number of fused-ring (bicyclic) bond motifs is 1.